The maximum absolute atomic E-state index is 11.7. The Kier molecular flexibility index (Phi) is 4.68. The molecule has 3 N–H and O–H groups in total. The molecule has 0 aromatic carbocycles. The Morgan fingerprint density at radius 1 is 1.56 bits per heavy atom. The number of rotatable bonds is 4. The monoisotopic (exact) mass is 244 g/mol. The Balaban J connectivity index is 2.37. The van der Waals surface area contributed by atoms with Gasteiger partial charge in [-0.05, 0) is 33.1 Å². The zero-order valence-corrected chi connectivity index (χ0v) is 10.7. The predicted molar refractivity (Wildman–Crippen MR) is 67.2 cm³/mol. The molecule has 1 fully saturated rings. The summed E-state index contributed by atoms with van der Waals surface area (Å²) in [4.78, 5) is 12.0. The van der Waals surface area contributed by atoms with Crippen molar-refractivity contribution in [3.8, 4) is 0 Å². The topological polar surface area (TPSA) is 64.3 Å². The summed E-state index contributed by atoms with van der Waals surface area (Å²) in [6.45, 7) is 4.36. The van der Waals surface area contributed by atoms with Gasteiger partial charge in [-0.15, -0.1) is 0 Å². The van der Waals surface area contributed by atoms with Crippen LogP contribution in [0.3, 0.4) is 0 Å². The fraction of sp³-hybridized carbons (Fsp3) is 0.818. The predicted octanol–water partition coefficient (Wildman–Crippen LogP) is 1.13. The maximum Gasteiger partial charge on any atom is 0.223 e. The van der Waals surface area contributed by atoms with Crippen LogP contribution in [0.1, 0.15) is 39.5 Å². The van der Waals surface area contributed by atoms with Gasteiger partial charge in [-0.3, -0.25) is 4.79 Å². The highest BCUT2D eigenvalue weighted by molar-refractivity contribution is 7.80. The van der Waals surface area contributed by atoms with Crippen molar-refractivity contribution in [1.82, 2.24) is 5.32 Å². The molecule has 5 heteroatoms. The van der Waals surface area contributed by atoms with E-state index in [0.717, 1.165) is 25.9 Å². The number of thiocarbonyl (C=S) groups is 1. The molecule has 4 nitrogen and oxygen atoms in total. The van der Waals surface area contributed by atoms with Crippen LogP contribution in [0.15, 0.2) is 0 Å². The lowest BCUT2D eigenvalue weighted by Gasteiger charge is -2.27. The van der Waals surface area contributed by atoms with Crippen molar-refractivity contribution in [3.63, 3.8) is 0 Å². The summed E-state index contributed by atoms with van der Waals surface area (Å²) in [5.74, 6) is -0.0512. The molecule has 92 valence electrons. The van der Waals surface area contributed by atoms with E-state index in [1.54, 1.807) is 13.8 Å². The molecule has 1 unspecified atom stereocenters. The lowest BCUT2D eigenvalue weighted by Crippen LogP contribution is -2.52. The first-order valence-corrected chi connectivity index (χ1v) is 6.05. The minimum absolute atomic E-state index is 0.0512. The Morgan fingerprint density at radius 2 is 2.25 bits per heavy atom. The van der Waals surface area contributed by atoms with Crippen LogP contribution in [-0.2, 0) is 9.53 Å². The molecule has 0 bridgehead atoms. The van der Waals surface area contributed by atoms with Gasteiger partial charge in [-0.1, -0.05) is 12.2 Å². The third-order valence-electron chi connectivity index (χ3n) is 2.75. The first-order chi connectivity index (χ1) is 7.42. The lowest BCUT2D eigenvalue weighted by molar-refractivity contribution is -0.125. The number of hydrogen-bond donors (Lipinski definition) is 2. The van der Waals surface area contributed by atoms with Crippen molar-refractivity contribution in [1.29, 1.82) is 0 Å². The molecule has 1 heterocycles. The lowest BCUT2D eigenvalue weighted by atomic mass is 10.0. The van der Waals surface area contributed by atoms with Crippen LogP contribution in [0.2, 0.25) is 0 Å². The van der Waals surface area contributed by atoms with E-state index in [-0.39, 0.29) is 12.0 Å². The Bertz CT molecular complexity index is 273. The Hall–Kier alpha value is -0.680. The number of amides is 1. The average molecular weight is 244 g/mol. The quantitative estimate of drug-likeness (QED) is 0.728. The van der Waals surface area contributed by atoms with E-state index in [0.29, 0.717) is 11.4 Å². The molecule has 0 radical (unpaired) electrons. The highest BCUT2D eigenvalue weighted by Gasteiger charge is 2.25. The standard InChI is InChI=1S/C11H20N2O2S/c1-11(2,10(12)16)13-9(14)7-8-5-3-4-6-15-8/h8H,3-7H2,1-2H3,(H2,12,16)(H,13,14). The molecule has 1 amide bonds. The van der Waals surface area contributed by atoms with Gasteiger partial charge in [0.2, 0.25) is 5.91 Å². The first kappa shape index (κ1) is 13.4. The summed E-state index contributed by atoms with van der Waals surface area (Å²) in [6, 6.07) is 0. The third-order valence-corrected chi connectivity index (χ3v) is 3.27. The summed E-state index contributed by atoms with van der Waals surface area (Å²) < 4.78 is 5.50. The van der Waals surface area contributed by atoms with Crippen molar-refractivity contribution in [2.75, 3.05) is 6.61 Å². The summed E-state index contributed by atoms with van der Waals surface area (Å²) >= 11 is 4.89. The van der Waals surface area contributed by atoms with Crippen molar-refractivity contribution in [3.05, 3.63) is 0 Å². The second-order valence-electron chi connectivity index (χ2n) is 4.73. The van der Waals surface area contributed by atoms with Gasteiger partial charge in [-0.2, -0.15) is 0 Å². The Morgan fingerprint density at radius 3 is 2.75 bits per heavy atom. The second kappa shape index (κ2) is 5.59. The van der Waals surface area contributed by atoms with E-state index >= 15 is 0 Å². The molecule has 16 heavy (non-hydrogen) atoms. The number of carbonyl (C=O) groups is 1. The highest BCUT2D eigenvalue weighted by atomic mass is 32.1. The molecule has 0 saturated carbocycles. The number of nitrogens with one attached hydrogen (secondary N) is 1. The van der Waals surface area contributed by atoms with Gasteiger partial charge in [-0.25, -0.2) is 0 Å². The molecule has 1 aliphatic rings. The van der Waals surface area contributed by atoms with Gasteiger partial charge in [0.25, 0.3) is 0 Å². The first-order valence-electron chi connectivity index (χ1n) is 5.64. The normalized spacial score (nSPS) is 21.5. The van der Waals surface area contributed by atoms with Gasteiger partial charge in [0.05, 0.1) is 23.1 Å². The fourth-order valence-corrected chi connectivity index (χ4v) is 1.69. The molecular formula is C11H20N2O2S. The van der Waals surface area contributed by atoms with Crippen LogP contribution in [0.4, 0.5) is 0 Å². The number of ether oxygens (including phenoxy) is 1. The summed E-state index contributed by atoms with van der Waals surface area (Å²) in [6.07, 6.45) is 3.64. The third kappa shape index (κ3) is 4.06. The van der Waals surface area contributed by atoms with Gasteiger partial charge < -0.3 is 15.8 Å². The minimum atomic E-state index is -0.624. The number of nitrogens with two attached hydrogens (primary N) is 1. The second-order valence-corrected chi connectivity index (χ2v) is 5.17. The van der Waals surface area contributed by atoms with Crippen molar-refractivity contribution >= 4 is 23.1 Å². The molecule has 1 saturated heterocycles. The van der Waals surface area contributed by atoms with Crippen molar-refractivity contribution in [2.45, 2.75) is 51.2 Å². The van der Waals surface area contributed by atoms with E-state index < -0.39 is 5.54 Å². The zero-order valence-electron chi connectivity index (χ0n) is 9.91. The van der Waals surface area contributed by atoms with E-state index in [9.17, 15) is 4.79 Å². The van der Waals surface area contributed by atoms with Crippen LogP contribution in [-0.4, -0.2) is 29.1 Å². The SMILES string of the molecule is CC(C)(NC(=O)CC1CCCCO1)C(N)=S. The summed E-state index contributed by atoms with van der Waals surface area (Å²) in [5.41, 5.74) is 4.91. The summed E-state index contributed by atoms with van der Waals surface area (Å²) in [5, 5.41) is 2.82. The van der Waals surface area contributed by atoms with E-state index in [2.05, 4.69) is 5.32 Å². The van der Waals surface area contributed by atoms with Crippen molar-refractivity contribution in [2.24, 2.45) is 5.73 Å². The van der Waals surface area contributed by atoms with Crippen LogP contribution in [0.25, 0.3) is 0 Å². The smallest absolute Gasteiger partial charge is 0.223 e. The average Bonchev–Trinajstić information content (AvgIpc) is 2.17. The molecule has 1 atom stereocenters. The number of carbonyl (C=O) groups excluding carboxylic acids is 1. The fourth-order valence-electron chi connectivity index (χ4n) is 1.64. The van der Waals surface area contributed by atoms with Crippen molar-refractivity contribution < 1.29 is 9.53 Å². The van der Waals surface area contributed by atoms with Gasteiger partial charge in [0.15, 0.2) is 0 Å². The zero-order chi connectivity index (χ0) is 12.2. The Labute approximate surface area is 102 Å². The molecule has 1 rings (SSSR count). The molecule has 0 aromatic rings. The van der Waals surface area contributed by atoms with Crippen LogP contribution in [0.5, 0.6) is 0 Å². The largest absolute Gasteiger partial charge is 0.391 e. The molecule has 0 spiro atoms. The molecule has 0 aliphatic carbocycles. The minimum Gasteiger partial charge on any atom is -0.391 e. The molecule has 1 aliphatic heterocycles. The number of hydrogen-bond acceptors (Lipinski definition) is 3. The molecular weight excluding hydrogens is 224 g/mol. The van der Waals surface area contributed by atoms with E-state index in [1.165, 1.54) is 0 Å². The maximum atomic E-state index is 11.7. The van der Waals surface area contributed by atoms with E-state index in [4.69, 9.17) is 22.7 Å². The van der Waals surface area contributed by atoms with Gasteiger partial charge in [0.1, 0.15) is 0 Å². The van der Waals surface area contributed by atoms with E-state index in [1.807, 2.05) is 0 Å². The van der Waals surface area contributed by atoms with Crippen LogP contribution in [0, 0.1) is 0 Å². The van der Waals surface area contributed by atoms with Crippen LogP contribution < -0.4 is 11.1 Å². The van der Waals surface area contributed by atoms with Crippen LogP contribution >= 0.6 is 12.2 Å². The van der Waals surface area contributed by atoms with Gasteiger partial charge in [0, 0.05) is 6.61 Å². The molecule has 0 aromatic heterocycles. The highest BCUT2D eigenvalue weighted by Crippen LogP contribution is 2.16. The van der Waals surface area contributed by atoms with Gasteiger partial charge >= 0.3 is 0 Å². The summed E-state index contributed by atoms with van der Waals surface area (Å²) in [7, 11) is 0.